The molecule has 0 aliphatic carbocycles. The van der Waals surface area contributed by atoms with Gasteiger partial charge in [0.1, 0.15) is 24.2 Å². The Kier molecular flexibility index (Phi) is 11.2. The summed E-state index contributed by atoms with van der Waals surface area (Å²) >= 11 is 0. The Bertz CT molecular complexity index is 1840. The van der Waals surface area contributed by atoms with Gasteiger partial charge >= 0.3 is 11.9 Å². The number of esters is 1. The first-order chi connectivity index (χ1) is 23.2. The number of aromatic nitrogens is 2. The van der Waals surface area contributed by atoms with Crippen LogP contribution in [0.3, 0.4) is 0 Å². The van der Waals surface area contributed by atoms with Crippen molar-refractivity contribution >= 4 is 22.0 Å². The van der Waals surface area contributed by atoms with Gasteiger partial charge in [-0.1, -0.05) is 30.3 Å². The van der Waals surface area contributed by atoms with E-state index in [2.05, 4.69) is 9.97 Å². The van der Waals surface area contributed by atoms with E-state index < -0.39 is 40.7 Å². The number of nitrogens with zero attached hydrogens (tertiary/aromatic N) is 3. The second kappa shape index (κ2) is 15.7. The summed E-state index contributed by atoms with van der Waals surface area (Å²) in [5.74, 6) is -0.363. The Morgan fingerprint density at radius 2 is 1.79 bits per heavy atom. The summed E-state index contributed by atoms with van der Waals surface area (Å²) in [7, 11) is -0.993. The number of rotatable bonds is 14. The van der Waals surface area contributed by atoms with Crippen LogP contribution in [-0.2, 0) is 30.8 Å². The minimum atomic E-state index is -4.09. The number of sulfonamides is 1. The van der Waals surface area contributed by atoms with E-state index in [9.17, 15) is 18.0 Å². The Balaban J connectivity index is 1.41. The van der Waals surface area contributed by atoms with E-state index in [1.54, 1.807) is 75.0 Å². The number of carbonyl (C=O) groups is 2. The molecule has 0 spiro atoms. The third kappa shape index (κ3) is 8.28. The molecule has 1 aliphatic heterocycles. The highest BCUT2D eigenvalue weighted by atomic mass is 32.2. The molecule has 1 aromatic heterocycles. The van der Waals surface area contributed by atoms with Crippen LogP contribution in [0.25, 0.3) is 11.3 Å². The molecule has 48 heavy (non-hydrogen) atoms. The molecule has 5 rings (SSSR count). The summed E-state index contributed by atoms with van der Waals surface area (Å²) in [5, 5.41) is 9.08. The highest BCUT2D eigenvalue weighted by molar-refractivity contribution is 7.89. The summed E-state index contributed by atoms with van der Waals surface area (Å²) in [6.45, 7) is -0.373. The molecule has 3 aromatic carbocycles. The largest absolute Gasteiger partial charge is 0.493 e. The number of ether oxygens (including phenoxy) is 4. The third-order valence-corrected chi connectivity index (χ3v) is 9.94. The van der Waals surface area contributed by atoms with E-state index in [0.717, 1.165) is 5.56 Å². The lowest BCUT2D eigenvalue weighted by atomic mass is 10.00. The van der Waals surface area contributed by atoms with Gasteiger partial charge in [-0.15, -0.1) is 0 Å². The van der Waals surface area contributed by atoms with Crippen LogP contribution in [0.15, 0.2) is 90.2 Å². The van der Waals surface area contributed by atoms with Gasteiger partial charge in [-0.25, -0.2) is 23.2 Å². The van der Waals surface area contributed by atoms with Crippen LogP contribution in [0.1, 0.15) is 42.9 Å². The molecule has 0 saturated carbocycles. The van der Waals surface area contributed by atoms with Crippen LogP contribution in [0.5, 0.6) is 17.2 Å². The molecule has 0 amide bonds. The van der Waals surface area contributed by atoms with Crippen LogP contribution in [0.4, 0.5) is 0 Å². The first-order valence-corrected chi connectivity index (χ1v) is 16.9. The first kappa shape index (κ1) is 34.3. The highest BCUT2D eigenvalue weighted by Gasteiger charge is 2.39. The number of carboxylic acids is 1. The average Bonchev–Trinajstić information content (AvgIpc) is 3.12. The standard InChI is InChI=1S/C35H37N3O9S/c1-44-32-15-13-24(19-33(32)45-2)12-14-31(26-8-5-9-27(20-26)46-22-34(39)40)47-35(41)30-11-3-4-18-38(30)48(42,43)28-10-6-7-25(21-28)29-16-17-36-23-37-29/h5-10,13,15-17,19-21,23,30-31H,3-4,11-12,14,18,22H2,1-2H3,(H,39,40)/t30-,31?/m1/s1. The molecular weight excluding hydrogens is 638 g/mol. The van der Waals surface area contributed by atoms with E-state index in [4.69, 9.17) is 24.1 Å². The topological polar surface area (TPSA) is 154 Å². The van der Waals surface area contributed by atoms with Crippen LogP contribution in [-0.4, -0.2) is 73.1 Å². The SMILES string of the molecule is COc1ccc(CCC(OC(=O)[C@H]2CCCCN2S(=O)(=O)c2cccc(-c3ccncn3)c2)c2cccc(OCC(=O)O)c2)cc1OC. The Morgan fingerprint density at radius 1 is 0.979 bits per heavy atom. The molecule has 0 radical (unpaired) electrons. The third-order valence-electron chi connectivity index (χ3n) is 8.04. The average molecular weight is 676 g/mol. The number of carbonyl (C=O) groups excluding carboxylic acids is 1. The zero-order valence-corrected chi connectivity index (χ0v) is 27.5. The highest BCUT2D eigenvalue weighted by Crippen LogP contribution is 2.33. The van der Waals surface area contributed by atoms with Crippen molar-refractivity contribution in [3.8, 4) is 28.5 Å². The molecule has 4 aromatic rings. The summed E-state index contributed by atoms with van der Waals surface area (Å²) < 4.78 is 51.6. The lowest BCUT2D eigenvalue weighted by molar-refractivity contribution is -0.155. The van der Waals surface area contributed by atoms with Crippen molar-refractivity contribution in [1.29, 1.82) is 0 Å². The number of piperidine rings is 1. The molecule has 12 nitrogen and oxygen atoms in total. The smallest absolute Gasteiger partial charge is 0.341 e. The normalized spacial score (nSPS) is 15.7. The van der Waals surface area contributed by atoms with E-state index in [-0.39, 0.29) is 11.4 Å². The van der Waals surface area contributed by atoms with E-state index in [0.29, 0.717) is 66.2 Å². The molecule has 0 bridgehead atoms. The van der Waals surface area contributed by atoms with Crippen molar-refractivity contribution in [2.45, 2.75) is 49.1 Å². The quantitative estimate of drug-likeness (QED) is 0.178. The lowest BCUT2D eigenvalue weighted by Gasteiger charge is -2.34. The van der Waals surface area contributed by atoms with Crippen molar-refractivity contribution in [2.75, 3.05) is 27.4 Å². The molecule has 1 unspecified atom stereocenters. The van der Waals surface area contributed by atoms with Crippen LogP contribution in [0, 0.1) is 0 Å². The molecule has 1 saturated heterocycles. The maximum absolute atomic E-state index is 14.0. The Labute approximate surface area is 279 Å². The fraction of sp³-hybridized carbons (Fsp3) is 0.314. The van der Waals surface area contributed by atoms with E-state index >= 15 is 0 Å². The number of aliphatic carboxylic acids is 1. The molecule has 252 valence electrons. The Hall–Kier alpha value is -5.01. The van der Waals surface area contributed by atoms with Crippen molar-refractivity contribution in [1.82, 2.24) is 14.3 Å². The van der Waals surface area contributed by atoms with Gasteiger partial charge in [-0.2, -0.15) is 4.31 Å². The van der Waals surface area contributed by atoms with E-state index in [1.807, 2.05) is 12.1 Å². The van der Waals surface area contributed by atoms with Gasteiger partial charge in [0.25, 0.3) is 0 Å². The molecule has 2 heterocycles. The molecule has 2 atom stereocenters. The van der Waals surface area contributed by atoms with Gasteiger partial charge in [0.05, 0.1) is 24.8 Å². The second-order valence-corrected chi connectivity index (χ2v) is 13.0. The number of hydrogen-bond donors (Lipinski definition) is 1. The number of carboxylic acid groups (broad SMARTS) is 1. The molecular formula is C35H37N3O9S. The van der Waals surface area contributed by atoms with Crippen LogP contribution in [0.2, 0.25) is 0 Å². The van der Waals surface area contributed by atoms with Gasteiger partial charge in [0.15, 0.2) is 18.1 Å². The van der Waals surface area contributed by atoms with Gasteiger partial charge in [-0.05, 0) is 85.7 Å². The van der Waals surface area contributed by atoms with Gasteiger partial charge in [0.2, 0.25) is 10.0 Å². The first-order valence-electron chi connectivity index (χ1n) is 15.4. The molecule has 1 aliphatic rings. The fourth-order valence-corrected chi connectivity index (χ4v) is 7.33. The summed E-state index contributed by atoms with van der Waals surface area (Å²) in [5.41, 5.74) is 2.66. The molecule has 1 N–H and O–H groups in total. The number of methoxy groups -OCH3 is 2. The van der Waals surface area contributed by atoms with Gasteiger partial charge in [-0.3, -0.25) is 4.79 Å². The predicted molar refractivity (Wildman–Crippen MR) is 175 cm³/mol. The van der Waals surface area contributed by atoms with Crippen molar-refractivity contribution < 1.29 is 42.1 Å². The Morgan fingerprint density at radius 3 is 2.54 bits per heavy atom. The maximum Gasteiger partial charge on any atom is 0.341 e. The maximum atomic E-state index is 14.0. The molecule has 13 heteroatoms. The number of hydrogen-bond acceptors (Lipinski definition) is 10. The van der Waals surface area contributed by atoms with Crippen LogP contribution >= 0.6 is 0 Å². The number of benzene rings is 3. The van der Waals surface area contributed by atoms with Crippen molar-refractivity contribution in [3.05, 3.63) is 96.4 Å². The summed E-state index contributed by atoms with van der Waals surface area (Å²) in [6.07, 6.45) is 4.53. The van der Waals surface area contributed by atoms with Gasteiger partial charge < -0.3 is 24.1 Å². The monoisotopic (exact) mass is 675 g/mol. The number of aryl methyl sites for hydroxylation is 1. The zero-order valence-electron chi connectivity index (χ0n) is 26.7. The predicted octanol–water partition coefficient (Wildman–Crippen LogP) is 5.08. The van der Waals surface area contributed by atoms with Crippen molar-refractivity contribution in [3.63, 3.8) is 0 Å². The zero-order chi connectivity index (χ0) is 34.1. The lowest BCUT2D eigenvalue weighted by Crippen LogP contribution is -2.48. The summed E-state index contributed by atoms with van der Waals surface area (Å²) in [6, 6.07) is 19.3. The minimum absolute atomic E-state index is 0.0478. The second-order valence-electron chi connectivity index (χ2n) is 11.2. The fourth-order valence-electron chi connectivity index (χ4n) is 5.64. The van der Waals surface area contributed by atoms with E-state index in [1.165, 1.54) is 16.7 Å². The van der Waals surface area contributed by atoms with Crippen molar-refractivity contribution in [2.24, 2.45) is 0 Å². The molecule has 1 fully saturated rings. The van der Waals surface area contributed by atoms with Crippen LogP contribution < -0.4 is 14.2 Å². The minimum Gasteiger partial charge on any atom is -0.493 e. The van der Waals surface area contributed by atoms with Gasteiger partial charge in [0, 0.05) is 18.3 Å². The summed E-state index contributed by atoms with van der Waals surface area (Å²) in [4.78, 5) is 33.3.